The van der Waals surface area contributed by atoms with Gasteiger partial charge in [0, 0.05) is 26.2 Å². The zero-order valence-corrected chi connectivity index (χ0v) is 13.7. The molecule has 0 aromatic heterocycles. The third-order valence-corrected chi connectivity index (χ3v) is 3.24. The van der Waals surface area contributed by atoms with Crippen molar-refractivity contribution in [3.8, 4) is 0 Å². The van der Waals surface area contributed by atoms with Gasteiger partial charge in [0.2, 0.25) is 5.91 Å². The lowest BCUT2D eigenvalue weighted by Gasteiger charge is -2.23. The second-order valence-electron chi connectivity index (χ2n) is 5.24. The summed E-state index contributed by atoms with van der Waals surface area (Å²) in [4.78, 5) is 25.1. The average molecular weight is 314 g/mol. The van der Waals surface area contributed by atoms with Gasteiger partial charge < -0.3 is 16.0 Å². The number of halogens is 1. The molecule has 0 bridgehead atoms. The first-order valence-corrected chi connectivity index (χ1v) is 6.68. The van der Waals surface area contributed by atoms with Gasteiger partial charge in [-0.15, -0.1) is 12.4 Å². The van der Waals surface area contributed by atoms with Crippen molar-refractivity contribution in [2.75, 3.05) is 14.1 Å². The molecule has 21 heavy (non-hydrogen) atoms. The van der Waals surface area contributed by atoms with Crippen LogP contribution in [0.5, 0.6) is 0 Å². The highest BCUT2D eigenvalue weighted by atomic mass is 35.5. The average Bonchev–Trinajstić information content (AvgIpc) is 2.45. The molecule has 5 nitrogen and oxygen atoms in total. The van der Waals surface area contributed by atoms with Crippen LogP contribution in [0.3, 0.4) is 0 Å². The number of amides is 2. The molecule has 6 heteroatoms. The van der Waals surface area contributed by atoms with Gasteiger partial charge in [0.15, 0.2) is 0 Å². The highest BCUT2D eigenvalue weighted by molar-refractivity contribution is 5.93. The number of rotatable bonds is 5. The maximum atomic E-state index is 12.0. The van der Waals surface area contributed by atoms with E-state index in [1.807, 2.05) is 26.0 Å². The summed E-state index contributed by atoms with van der Waals surface area (Å²) in [5.74, 6) is -0.0845. The van der Waals surface area contributed by atoms with E-state index in [9.17, 15) is 9.59 Å². The van der Waals surface area contributed by atoms with Crippen LogP contribution in [-0.4, -0.2) is 36.9 Å². The molecule has 1 aromatic carbocycles. The van der Waals surface area contributed by atoms with E-state index in [1.54, 1.807) is 31.1 Å². The maximum absolute atomic E-state index is 12.0. The van der Waals surface area contributed by atoms with E-state index >= 15 is 0 Å². The summed E-state index contributed by atoms with van der Waals surface area (Å²) < 4.78 is 0. The van der Waals surface area contributed by atoms with Crippen LogP contribution < -0.4 is 11.1 Å². The fourth-order valence-corrected chi connectivity index (χ4v) is 1.80. The van der Waals surface area contributed by atoms with E-state index in [2.05, 4.69) is 5.32 Å². The molecule has 0 saturated carbocycles. The Kier molecular flexibility index (Phi) is 7.99. The second-order valence-corrected chi connectivity index (χ2v) is 5.24. The molecule has 0 spiro atoms. The van der Waals surface area contributed by atoms with E-state index in [-0.39, 0.29) is 30.1 Å². The molecule has 0 radical (unpaired) electrons. The Bertz CT molecular complexity index is 474. The largest absolute Gasteiger partial charge is 0.355 e. The molecule has 2 amide bonds. The lowest BCUT2D eigenvalue weighted by molar-refractivity contribution is -0.132. The first-order chi connectivity index (χ1) is 9.36. The Morgan fingerprint density at radius 1 is 1.24 bits per heavy atom. The van der Waals surface area contributed by atoms with E-state index < -0.39 is 6.04 Å². The monoisotopic (exact) mass is 313 g/mol. The van der Waals surface area contributed by atoms with Crippen molar-refractivity contribution < 1.29 is 9.59 Å². The molecule has 0 aliphatic carbocycles. The Morgan fingerprint density at radius 3 is 2.19 bits per heavy atom. The predicted molar refractivity (Wildman–Crippen MR) is 86.4 cm³/mol. The Labute approximate surface area is 132 Å². The summed E-state index contributed by atoms with van der Waals surface area (Å²) in [6.45, 7) is 4.33. The zero-order chi connectivity index (χ0) is 15.3. The molecule has 0 saturated heterocycles. The van der Waals surface area contributed by atoms with Crippen molar-refractivity contribution in [1.82, 2.24) is 10.2 Å². The number of carbonyl (C=O) groups is 2. The molecule has 1 rings (SSSR count). The lowest BCUT2D eigenvalue weighted by Crippen LogP contribution is -2.44. The summed E-state index contributed by atoms with van der Waals surface area (Å²) in [6.07, 6.45) is 0. The summed E-state index contributed by atoms with van der Waals surface area (Å²) in [5.41, 5.74) is 7.42. The van der Waals surface area contributed by atoms with Crippen molar-refractivity contribution in [2.45, 2.75) is 26.4 Å². The number of nitrogens with zero attached hydrogens (tertiary/aromatic N) is 1. The van der Waals surface area contributed by atoms with Crippen LogP contribution >= 0.6 is 12.4 Å². The molecule has 1 unspecified atom stereocenters. The first-order valence-electron chi connectivity index (χ1n) is 6.68. The number of likely N-dealkylation sites (N-methyl/N-ethyl adjacent to an activating group) is 1. The summed E-state index contributed by atoms with van der Waals surface area (Å²) in [6, 6.07) is 6.69. The molecular formula is C15H24ClN3O2. The third kappa shape index (κ3) is 5.36. The Hall–Kier alpha value is -1.59. The summed E-state index contributed by atoms with van der Waals surface area (Å²) in [5, 5.41) is 2.57. The van der Waals surface area contributed by atoms with Gasteiger partial charge >= 0.3 is 0 Å². The fourth-order valence-electron chi connectivity index (χ4n) is 1.80. The molecule has 1 atom stereocenters. The summed E-state index contributed by atoms with van der Waals surface area (Å²) in [7, 11) is 3.33. The van der Waals surface area contributed by atoms with Gasteiger partial charge in [-0.05, 0) is 23.6 Å². The van der Waals surface area contributed by atoms with E-state index in [0.29, 0.717) is 12.1 Å². The number of nitrogens with one attached hydrogen (secondary N) is 1. The number of hydrogen-bond donors (Lipinski definition) is 2. The van der Waals surface area contributed by atoms with Gasteiger partial charge in [-0.3, -0.25) is 9.59 Å². The minimum Gasteiger partial charge on any atom is -0.355 e. The number of hydrogen-bond acceptors (Lipinski definition) is 3. The van der Waals surface area contributed by atoms with Crippen molar-refractivity contribution in [2.24, 2.45) is 11.7 Å². The standard InChI is InChI=1S/C15H23N3O2.ClH/c1-10(2)13(16)15(20)18(4)9-11-5-7-12(8-6-11)14(19)17-3;/h5-8,10,13H,9,16H2,1-4H3,(H,17,19);1H. The number of carbonyl (C=O) groups excluding carboxylic acids is 2. The van der Waals surface area contributed by atoms with Crippen molar-refractivity contribution >= 4 is 24.2 Å². The molecule has 0 aliphatic rings. The molecular weight excluding hydrogens is 290 g/mol. The topological polar surface area (TPSA) is 75.4 Å². The Morgan fingerprint density at radius 2 is 1.76 bits per heavy atom. The van der Waals surface area contributed by atoms with Crippen LogP contribution in [0.2, 0.25) is 0 Å². The number of benzene rings is 1. The van der Waals surface area contributed by atoms with Crippen molar-refractivity contribution in [3.05, 3.63) is 35.4 Å². The van der Waals surface area contributed by atoms with Gasteiger partial charge in [-0.25, -0.2) is 0 Å². The quantitative estimate of drug-likeness (QED) is 0.863. The van der Waals surface area contributed by atoms with Gasteiger partial charge in [0.05, 0.1) is 6.04 Å². The van der Waals surface area contributed by atoms with Crippen LogP contribution in [0.4, 0.5) is 0 Å². The van der Waals surface area contributed by atoms with Gasteiger partial charge in [0.1, 0.15) is 0 Å². The van der Waals surface area contributed by atoms with Crippen molar-refractivity contribution in [3.63, 3.8) is 0 Å². The maximum Gasteiger partial charge on any atom is 0.251 e. The minimum atomic E-state index is -0.481. The zero-order valence-electron chi connectivity index (χ0n) is 12.9. The van der Waals surface area contributed by atoms with E-state index in [0.717, 1.165) is 5.56 Å². The van der Waals surface area contributed by atoms with Crippen LogP contribution in [0.25, 0.3) is 0 Å². The fraction of sp³-hybridized carbons (Fsp3) is 0.467. The highest BCUT2D eigenvalue weighted by Gasteiger charge is 2.20. The van der Waals surface area contributed by atoms with E-state index in [4.69, 9.17) is 5.73 Å². The third-order valence-electron chi connectivity index (χ3n) is 3.24. The van der Waals surface area contributed by atoms with Gasteiger partial charge in [0.25, 0.3) is 5.91 Å². The first kappa shape index (κ1) is 19.4. The van der Waals surface area contributed by atoms with Crippen LogP contribution in [0.1, 0.15) is 29.8 Å². The molecule has 0 heterocycles. The van der Waals surface area contributed by atoms with Crippen LogP contribution in [0, 0.1) is 5.92 Å². The normalized spacial score (nSPS) is 11.5. The smallest absolute Gasteiger partial charge is 0.251 e. The predicted octanol–water partition coefficient (Wildman–Crippen LogP) is 1.41. The lowest BCUT2D eigenvalue weighted by atomic mass is 10.0. The molecule has 3 N–H and O–H groups in total. The van der Waals surface area contributed by atoms with E-state index in [1.165, 1.54) is 0 Å². The second kappa shape index (κ2) is 8.64. The van der Waals surface area contributed by atoms with Crippen LogP contribution in [-0.2, 0) is 11.3 Å². The molecule has 0 aliphatic heterocycles. The van der Waals surface area contributed by atoms with Gasteiger partial charge in [-0.2, -0.15) is 0 Å². The summed E-state index contributed by atoms with van der Waals surface area (Å²) >= 11 is 0. The van der Waals surface area contributed by atoms with Crippen molar-refractivity contribution in [1.29, 1.82) is 0 Å². The molecule has 118 valence electrons. The Balaban J connectivity index is 0.00000400. The minimum absolute atomic E-state index is 0. The SMILES string of the molecule is CNC(=O)c1ccc(CN(C)C(=O)C(N)C(C)C)cc1.Cl. The molecule has 1 aromatic rings. The van der Waals surface area contributed by atoms with Gasteiger partial charge in [-0.1, -0.05) is 26.0 Å². The molecule has 0 fully saturated rings. The van der Waals surface area contributed by atoms with Crippen LogP contribution in [0.15, 0.2) is 24.3 Å². The number of nitrogens with two attached hydrogens (primary N) is 1. The highest BCUT2D eigenvalue weighted by Crippen LogP contribution is 2.09.